The largest absolute Gasteiger partial charge is 0.396 e. The van der Waals surface area contributed by atoms with Gasteiger partial charge in [0.1, 0.15) is 9.84 Å². The highest BCUT2D eigenvalue weighted by Gasteiger charge is 2.30. The van der Waals surface area contributed by atoms with Crippen molar-refractivity contribution < 1.29 is 29.4 Å². The van der Waals surface area contributed by atoms with Crippen LogP contribution in [0.3, 0.4) is 0 Å². The van der Waals surface area contributed by atoms with Crippen molar-refractivity contribution in [3.05, 3.63) is 135 Å². The Morgan fingerprint density at radius 3 is 1.78 bits per heavy atom. The maximum atomic E-state index is 12.0. The number of aryl methyl sites for hydroxylation is 3. The van der Waals surface area contributed by atoms with Gasteiger partial charge < -0.3 is 21.0 Å². The van der Waals surface area contributed by atoms with Crippen LogP contribution in [0.2, 0.25) is 10.0 Å². The van der Waals surface area contributed by atoms with Gasteiger partial charge >= 0.3 is 0 Å². The third-order valence-electron chi connectivity index (χ3n) is 11.8. The SMILES string of the molecule is Cc1ccc(S(=O)(=O)OC2CCS(=O)(=O)CC2)cc1.[C-]#[N+]c1cc2c(-c3cncc(N)c3Cl)c[nH]c2cc1C.[C-]#[N+]c1cc2c(-c3cncc(N)c3Cl)cn(C3CCS(=O)(=O)CC3)c2cc1C. The number of hydrogen-bond acceptors (Lipinski definition) is 11. The summed E-state index contributed by atoms with van der Waals surface area (Å²) in [6, 6.07) is 14.1. The minimum atomic E-state index is -3.81. The number of fused-ring (bicyclic) bond motifs is 2. The van der Waals surface area contributed by atoms with Crippen molar-refractivity contribution in [1.29, 1.82) is 0 Å². The Morgan fingerprint density at radius 2 is 1.22 bits per heavy atom. The molecule has 2 fully saturated rings. The molecule has 0 atom stereocenters. The Hall–Kier alpha value is -5.99. The Balaban J connectivity index is 0.000000153. The van der Waals surface area contributed by atoms with Gasteiger partial charge in [0, 0.05) is 64.1 Å². The summed E-state index contributed by atoms with van der Waals surface area (Å²) in [7, 11) is -9.78. The number of aromatic amines is 1. The van der Waals surface area contributed by atoms with Crippen molar-refractivity contribution in [3.8, 4) is 22.3 Å². The van der Waals surface area contributed by atoms with Gasteiger partial charge in [-0.3, -0.25) is 14.2 Å². The maximum Gasteiger partial charge on any atom is 0.297 e. The van der Waals surface area contributed by atoms with E-state index in [2.05, 4.69) is 29.2 Å². The first-order valence-electron chi connectivity index (χ1n) is 20.9. The highest BCUT2D eigenvalue weighted by Crippen LogP contribution is 2.42. The molecule has 348 valence electrons. The number of nitrogens with zero attached hydrogens (tertiary/aromatic N) is 5. The first-order valence-corrected chi connectivity index (χ1v) is 26.7. The predicted octanol–water partition coefficient (Wildman–Crippen LogP) is 10.2. The number of pyridine rings is 2. The third-order valence-corrected chi connectivity index (χ3v) is 17.4. The van der Waals surface area contributed by atoms with Crippen molar-refractivity contribution in [2.45, 2.75) is 63.5 Å². The van der Waals surface area contributed by atoms with E-state index < -0.39 is 35.9 Å². The monoisotopic (exact) mass is 1000 g/mol. The van der Waals surface area contributed by atoms with Crippen LogP contribution in [0, 0.1) is 33.9 Å². The normalized spacial score (nSPS) is 16.0. The fourth-order valence-electron chi connectivity index (χ4n) is 7.99. The lowest BCUT2D eigenvalue weighted by Gasteiger charge is -2.24. The van der Waals surface area contributed by atoms with Crippen LogP contribution in [0.5, 0.6) is 0 Å². The number of halogens is 2. The molecule has 15 nitrogen and oxygen atoms in total. The summed E-state index contributed by atoms with van der Waals surface area (Å²) >= 11 is 12.7. The zero-order valence-electron chi connectivity index (χ0n) is 36.6. The van der Waals surface area contributed by atoms with Crippen molar-refractivity contribution in [1.82, 2.24) is 19.5 Å². The number of sulfone groups is 2. The Morgan fingerprint density at radius 1 is 0.716 bits per heavy atom. The molecule has 5 N–H and O–H groups in total. The quantitative estimate of drug-likeness (QED) is 0.105. The molecule has 0 spiro atoms. The van der Waals surface area contributed by atoms with Crippen LogP contribution >= 0.6 is 23.2 Å². The number of nitrogens with one attached hydrogen (secondary N) is 1. The van der Waals surface area contributed by atoms with E-state index in [0.29, 0.717) is 51.2 Å². The summed E-state index contributed by atoms with van der Waals surface area (Å²) in [5, 5.41) is 2.73. The van der Waals surface area contributed by atoms with E-state index in [-0.39, 0.29) is 46.8 Å². The molecule has 6 heterocycles. The summed E-state index contributed by atoms with van der Waals surface area (Å²) in [6.45, 7) is 20.4. The molecule has 0 saturated carbocycles. The Kier molecular flexibility index (Phi) is 14.4. The van der Waals surface area contributed by atoms with Crippen LogP contribution in [-0.2, 0) is 34.0 Å². The number of H-pyrrole nitrogens is 1. The third kappa shape index (κ3) is 10.9. The van der Waals surface area contributed by atoms with Crippen LogP contribution in [0.15, 0.2) is 90.6 Å². The standard InChI is InChI=1S/C20H19ClN4O2S.C15H11ClN4.C12H16O5S2/c1-12-7-19-14(8-18(12)23-2)16(15-9-24-10-17(22)20(15)21)11-25(19)13-3-5-28(26,27)6-4-13;1-8-3-14-9(4-13(8)18-2)10(6-20-14)11-5-19-7-12(17)15(11)16;1-10-2-4-12(5-3-10)19(15,16)17-11-6-8-18(13,14)9-7-11/h7-11,13H,3-6,22H2,1H3;3-7,20H,17H2,1H3;2-5,11H,6-9H2,1H3. The first-order chi connectivity index (χ1) is 31.7. The molecule has 7 aromatic rings. The lowest BCUT2D eigenvalue weighted by molar-refractivity contribution is 0.197. The number of nitrogen functional groups attached to an aromatic ring is 2. The molecule has 9 rings (SSSR count). The average Bonchev–Trinajstić information content (AvgIpc) is 3.86. The van der Waals surface area contributed by atoms with Gasteiger partial charge in [0.15, 0.2) is 21.2 Å². The molecule has 2 saturated heterocycles. The molecule has 67 heavy (non-hydrogen) atoms. The zero-order valence-corrected chi connectivity index (χ0v) is 40.6. The van der Waals surface area contributed by atoms with Gasteiger partial charge in [-0.15, -0.1) is 0 Å². The number of hydrogen-bond donors (Lipinski definition) is 3. The van der Waals surface area contributed by atoms with E-state index in [4.69, 9.17) is 52.0 Å². The summed E-state index contributed by atoms with van der Waals surface area (Å²) < 4.78 is 77.5. The second-order valence-corrected chi connectivity index (χ2v) is 23.4. The number of aromatic nitrogens is 4. The van der Waals surface area contributed by atoms with E-state index in [0.717, 1.165) is 55.2 Å². The van der Waals surface area contributed by atoms with E-state index in [9.17, 15) is 25.3 Å². The summed E-state index contributed by atoms with van der Waals surface area (Å²) in [6.07, 6.45) is 11.3. The lowest BCUT2D eigenvalue weighted by Crippen LogP contribution is -2.30. The molecule has 4 aromatic heterocycles. The number of anilines is 2. The second-order valence-electron chi connectivity index (χ2n) is 16.5. The van der Waals surface area contributed by atoms with Crippen molar-refractivity contribution in [2.24, 2.45) is 0 Å². The van der Waals surface area contributed by atoms with E-state index in [1.54, 1.807) is 24.5 Å². The topological polar surface area (TPSA) is 219 Å². The zero-order chi connectivity index (χ0) is 48.4. The van der Waals surface area contributed by atoms with Gasteiger partial charge in [0.25, 0.3) is 10.1 Å². The number of nitrogens with two attached hydrogens (primary N) is 2. The molecule has 0 unspecified atom stereocenters. The second kappa shape index (κ2) is 19.7. The van der Waals surface area contributed by atoms with Crippen LogP contribution < -0.4 is 11.5 Å². The van der Waals surface area contributed by atoms with Crippen molar-refractivity contribution in [3.63, 3.8) is 0 Å². The van der Waals surface area contributed by atoms with E-state index in [1.165, 1.54) is 24.5 Å². The van der Waals surface area contributed by atoms with Crippen molar-refractivity contribution in [2.75, 3.05) is 34.5 Å². The molecule has 3 aromatic carbocycles. The van der Waals surface area contributed by atoms with Gasteiger partial charge in [-0.2, -0.15) is 8.42 Å². The molecule has 0 aliphatic carbocycles. The highest BCUT2D eigenvalue weighted by atomic mass is 35.5. The summed E-state index contributed by atoms with van der Waals surface area (Å²) in [5.74, 6) is 0.348. The fraction of sp³-hybridized carbons (Fsp3) is 0.277. The average molecular weight is 1000 g/mol. The minimum Gasteiger partial charge on any atom is -0.396 e. The predicted molar refractivity (Wildman–Crippen MR) is 266 cm³/mol. The minimum absolute atomic E-state index is 0.0128. The summed E-state index contributed by atoms with van der Waals surface area (Å²) in [4.78, 5) is 18.7. The molecular formula is C47H46Cl2N8O7S3. The van der Waals surface area contributed by atoms with Gasteiger partial charge in [0.05, 0.1) is 81.0 Å². The number of benzene rings is 3. The van der Waals surface area contributed by atoms with Gasteiger partial charge in [0.2, 0.25) is 0 Å². The first kappa shape index (κ1) is 48.9. The Labute approximate surface area is 399 Å². The van der Waals surface area contributed by atoms with Crippen molar-refractivity contribution >= 4 is 97.5 Å². The molecule has 0 bridgehead atoms. The molecule has 20 heteroatoms. The highest BCUT2D eigenvalue weighted by molar-refractivity contribution is 7.91. The van der Waals surface area contributed by atoms with E-state index >= 15 is 0 Å². The fourth-order valence-corrected chi connectivity index (χ4v) is 12.4. The molecular weight excluding hydrogens is 956 g/mol. The van der Waals surface area contributed by atoms with Crippen LogP contribution in [-0.4, -0.2) is 73.9 Å². The molecule has 2 aliphatic rings. The Bertz CT molecular complexity index is 3440. The van der Waals surface area contributed by atoms with Gasteiger partial charge in [-0.1, -0.05) is 40.9 Å². The van der Waals surface area contributed by atoms with Crippen LogP contribution in [0.25, 0.3) is 53.7 Å². The van der Waals surface area contributed by atoms with Gasteiger partial charge in [-0.05, 0) is 105 Å². The summed E-state index contributed by atoms with van der Waals surface area (Å²) in [5.41, 5.74) is 21.7. The molecule has 0 amide bonds. The number of rotatable bonds is 6. The van der Waals surface area contributed by atoms with Crippen LogP contribution in [0.4, 0.5) is 22.7 Å². The maximum absolute atomic E-state index is 12.0. The van der Waals surface area contributed by atoms with Crippen LogP contribution in [0.1, 0.15) is 48.4 Å². The lowest BCUT2D eigenvalue weighted by atomic mass is 10.0. The van der Waals surface area contributed by atoms with Gasteiger partial charge in [-0.25, -0.2) is 26.5 Å². The smallest absolute Gasteiger partial charge is 0.297 e. The molecule has 0 radical (unpaired) electrons. The molecule has 2 aliphatic heterocycles. The van der Waals surface area contributed by atoms with E-state index in [1.807, 2.05) is 57.4 Å².